The van der Waals surface area contributed by atoms with Crippen LogP contribution in [0, 0.1) is 17.2 Å². The average molecular weight is 288 g/mol. The number of hydrogen-bond donors (Lipinski definition) is 3. The quantitative estimate of drug-likeness (QED) is 0.537. The molecule has 1 atom stereocenters. The molecule has 0 heterocycles. The number of carbonyl (C=O) groups excluding carboxylic acids is 2. The Morgan fingerprint density at radius 1 is 1.33 bits per heavy atom. The van der Waals surface area contributed by atoms with Crippen LogP contribution in [0.15, 0.2) is 24.3 Å². The van der Waals surface area contributed by atoms with E-state index in [9.17, 15) is 9.59 Å². The number of rotatable bonds is 6. The summed E-state index contributed by atoms with van der Waals surface area (Å²) in [6.45, 7) is 3.82. The molecule has 1 rings (SSSR count). The first-order chi connectivity index (χ1) is 9.95. The number of nitriles is 1. The minimum Gasteiger partial charge on any atom is -0.398 e. The molecule has 0 aromatic heterocycles. The van der Waals surface area contributed by atoms with Gasteiger partial charge >= 0.3 is 0 Å². The highest BCUT2D eigenvalue weighted by Crippen LogP contribution is 2.12. The van der Waals surface area contributed by atoms with Crippen LogP contribution in [0.2, 0.25) is 0 Å². The van der Waals surface area contributed by atoms with Crippen LogP contribution in [-0.2, 0) is 4.79 Å². The third kappa shape index (κ3) is 5.15. The highest BCUT2D eigenvalue weighted by molar-refractivity contribution is 6.01. The highest BCUT2D eigenvalue weighted by atomic mass is 16.2. The van der Waals surface area contributed by atoms with Crippen LogP contribution in [0.3, 0.4) is 0 Å². The van der Waals surface area contributed by atoms with E-state index in [-0.39, 0.29) is 18.4 Å². The van der Waals surface area contributed by atoms with Gasteiger partial charge in [-0.25, -0.2) is 0 Å². The van der Waals surface area contributed by atoms with Gasteiger partial charge in [0.2, 0.25) is 5.91 Å². The van der Waals surface area contributed by atoms with Gasteiger partial charge in [-0.1, -0.05) is 26.0 Å². The normalized spacial score (nSPS) is 11.5. The molecule has 2 amide bonds. The molecule has 0 fully saturated rings. The van der Waals surface area contributed by atoms with E-state index in [1.807, 2.05) is 19.9 Å². The van der Waals surface area contributed by atoms with Crippen molar-refractivity contribution in [3.05, 3.63) is 29.8 Å². The number of hydrogen-bond acceptors (Lipinski definition) is 4. The fourth-order valence-corrected chi connectivity index (χ4v) is 1.89. The predicted molar refractivity (Wildman–Crippen MR) is 80.2 cm³/mol. The van der Waals surface area contributed by atoms with Crippen LogP contribution in [0.4, 0.5) is 5.69 Å². The number of nitrogens with zero attached hydrogens (tertiary/aromatic N) is 1. The lowest BCUT2D eigenvalue weighted by Crippen LogP contribution is -2.47. The number of nitrogens with two attached hydrogens (primary N) is 1. The zero-order valence-corrected chi connectivity index (χ0v) is 12.2. The van der Waals surface area contributed by atoms with Crippen molar-refractivity contribution in [2.45, 2.75) is 26.3 Å². The molecule has 21 heavy (non-hydrogen) atoms. The molecule has 6 heteroatoms. The number of amides is 2. The van der Waals surface area contributed by atoms with Gasteiger partial charge in [-0.3, -0.25) is 9.59 Å². The van der Waals surface area contributed by atoms with Crippen molar-refractivity contribution in [2.75, 3.05) is 12.3 Å². The molecule has 0 radical (unpaired) electrons. The van der Waals surface area contributed by atoms with Crippen molar-refractivity contribution in [1.82, 2.24) is 10.6 Å². The molecule has 0 spiro atoms. The standard InChI is InChI=1S/C15H20N4O2/c1-10(2)9-13(15(21)18-8-7-16)19-14(20)11-5-3-4-6-12(11)17/h3-6,10,13H,8-9,17H2,1-2H3,(H,18,21)(H,19,20)/t13-/m0/s1. The summed E-state index contributed by atoms with van der Waals surface area (Å²) in [5.41, 5.74) is 6.44. The zero-order chi connectivity index (χ0) is 15.8. The average Bonchev–Trinajstić information content (AvgIpc) is 2.43. The van der Waals surface area contributed by atoms with Gasteiger partial charge in [-0.15, -0.1) is 0 Å². The monoisotopic (exact) mass is 288 g/mol. The topological polar surface area (TPSA) is 108 Å². The Balaban J connectivity index is 2.81. The Bertz CT molecular complexity index is 549. The van der Waals surface area contributed by atoms with Gasteiger partial charge in [-0.05, 0) is 24.5 Å². The van der Waals surface area contributed by atoms with Crippen molar-refractivity contribution in [3.63, 3.8) is 0 Å². The number of para-hydroxylation sites is 1. The third-order valence-corrected chi connectivity index (χ3v) is 2.88. The molecule has 0 aliphatic rings. The van der Waals surface area contributed by atoms with Gasteiger partial charge in [0, 0.05) is 5.69 Å². The number of nitrogen functional groups attached to an aromatic ring is 1. The van der Waals surface area contributed by atoms with E-state index in [0.717, 1.165) is 0 Å². The van der Waals surface area contributed by atoms with E-state index < -0.39 is 11.9 Å². The van der Waals surface area contributed by atoms with Crippen LogP contribution in [0.1, 0.15) is 30.6 Å². The zero-order valence-electron chi connectivity index (χ0n) is 12.2. The third-order valence-electron chi connectivity index (χ3n) is 2.88. The van der Waals surface area contributed by atoms with Gasteiger partial charge in [-0.2, -0.15) is 5.26 Å². The fourth-order valence-electron chi connectivity index (χ4n) is 1.89. The van der Waals surface area contributed by atoms with E-state index in [0.29, 0.717) is 17.7 Å². The molecule has 1 aromatic rings. The molecule has 0 aliphatic carbocycles. The molecule has 4 N–H and O–H groups in total. The summed E-state index contributed by atoms with van der Waals surface area (Å²) in [6, 6.07) is 7.82. The SMILES string of the molecule is CC(C)C[C@H](NC(=O)c1ccccc1N)C(=O)NCC#N. The van der Waals surface area contributed by atoms with Crippen molar-refractivity contribution >= 4 is 17.5 Å². The summed E-state index contributed by atoms with van der Waals surface area (Å²) >= 11 is 0. The minimum atomic E-state index is -0.689. The highest BCUT2D eigenvalue weighted by Gasteiger charge is 2.22. The first-order valence-corrected chi connectivity index (χ1v) is 6.75. The van der Waals surface area contributed by atoms with Crippen LogP contribution < -0.4 is 16.4 Å². The Morgan fingerprint density at radius 3 is 2.57 bits per heavy atom. The van der Waals surface area contributed by atoms with Crippen LogP contribution >= 0.6 is 0 Å². The smallest absolute Gasteiger partial charge is 0.254 e. The van der Waals surface area contributed by atoms with Gasteiger partial charge in [0.1, 0.15) is 12.6 Å². The van der Waals surface area contributed by atoms with Crippen molar-refractivity contribution in [2.24, 2.45) is 5.92 Å². The second kappa shape index (κ2) is 7.90. The largest absolute Gasteiger partial charge is 0.398 e. The van der Waals surface area contributed by atoms with E-state index in [4.69, 9.17) is 11.0 Å². The molecular formula is C15H20N4O2. The second-order valence-corrected chi connectivity index (χ2v) is 5.12. The lowest BCUT2D eigenvalue weighted by atomic mass is 10.0. The van der Waals surface area contributed by atoms with Crippen LogP contribution in [0.25, 0.3) is 0 Å². The Kier molecular flexibility index (Phi) is 6.21. The summed E-state index contributed by atoms with van der Waals surface area (Å²) in [7, 11) is 0. The molecule has 0 aliphatic heterocycles. The van der Waals surface area contributed by atoms with Gasteiger partial charge in [0.25, 0.3) is 5.91 Å². The summed E-state index contributed by atoms with van der Waals surface area (Å²) in [5, 5.41) is 13.6. The van der Waals surface area contributed by atoms with Gasteiger partial charge in [0.05, 0.1) is 11.6 Å². The molecule has 0 saturated carbocycles. The molecule has 112 valence electrons. The summed E-state index contributed by atoms with van der Waals surface area (Å²) in [6.07, 6.45) is 0.482. The molecule has 0 bridgehead atoms. The Morgan fingerprint density at radius 2 is 2.00 bits per heavy atom. The molecule has 1 aromatic carbocycles. The Hall–Kier alpha value is -2.55. The molecule has 6 nitrogen and oxygen atoms in total. The molecular weight excluding hydrogens is 268 g/mol. The summed E-state index contributed by atoms with van der Waals surface area (Å²) in [4.78, 5) is 24.2. The maximum Gasteiger partial charge on any atom is 0.254 e. The number of nitrogens with one attached hydrogen (secondary N) is 2. The summed E-state index contributed by atoms with van der Waals surface area (Å²) < 4.78 is 0. The molecule has 0 saturated heterocycles. The second-order valence-electron chi connectivity index (χ2n) is 5.12. The van der Waals surface area contributed by atoms with E-state index >= 15 is 0 Å². The van der Waals surface area contributed by atoms with Crippen LogP contribution in [-0.4, -0.2) is 24.4 Å². The maximum absolute atomic E-state index is 12.2. The lowest BCUT2D eigenvalue weighted by molar-refractivity contribution is -0.123. The van der Waals surface area contributed by atoms with E-state index in [1.165, 1.54) is 0 Å². The molecule has 0 unspecified atom stereocenters. The number of anilines is 1. The maximum atomic E-state index is 12.2. The first kappa shape index (κ1) is 16.5. The van der Waals surface area contributed by atoms with Gasteiger partial charge < -0.3 is 16.4 Å². The van der Waals surface area contributed by atoms with Crippen molar-refractivity contribution < 1.29 is 9.59 Å². The fraction of sp³-hybridized carbons (Fsp3) is 0.400. The number of carbonyl (C=O) groups is 2. The van der Waals surface area contributed by atoms with E-state index in [1.54, 1.807) is 24.3 Å². The van der Waals surface area contributed by atoms with Crippen molar-refractivity contribution in [3.8, 4) is 6.07 Å². The van der Waals surface area contributed by atoms with Gasteiger partial charge in [0.15, 0.2) is 0 Å². The van der Waals surface area contributed by atoms with E-state index in [2.05, 4.69) is 10.6 Å². The van der Waals surface area contributed by atoms with Crippen molar-refractivity contribution in [1.29, 1.82) is 5.26 Å². The van der Waals surface area contributed by atoms with Crippen LogP contribution in [0.5, 0.6) is 0 Å². The minimum absolute atomic E-state index is 0.0865. The lowest BCUT2D eigenvalue weighted by Gasteiger charge is -2.20. The Labute approximate surface area is 124 Å². The first-order valence-electron chi connectivity index (χ1n) is 6.75. The summed E-state index contributed by atoms with van der Waals surface area (Å²) in [5.74, 6) is -0.546. The predicted octanol–water partition coefficient (Wildman–Crippen LogP) is 1.05. The number of benzene rings is 1.